The van der Waals surface area contributed by atoms with Gasteiger partial charge in [0.05, 0.1) is 23.1 Å². The van der Waals surface area contributed by atoms with E-state index in [1.807, 2.05) is 41.1 Å². The van der Waals surface area contributed by atoms with Gasteiger partial charge in [-0.15, -0.1) is 0 Å². The van der Waals surface area contributed by atoms with Crippen LogP contribution in [0.1, 0.15) is 23.2 Å². The number of hydrogen-bond acceptors (Lipinski definition) is 5. The van der Waals surface area contributed by atoms with Gasteiger partial charge in [-0.25, -0.2) is 4.98 Å². The summed E-state index contributed by atoms with van der Waals surface area (Å²) in [6.07, 6.45) is 2.07. The van der Waals surface area contributed by atoms with Crippen LogP contribution in [-0.2, 0) is 6.54 Å². The van der Waals surface area contributed by atoms with Crippen molar-refractivity contribution in [3.8, 4) is 11.5 Å². The summed E-state index contributed by atoms with van der Waals surface area (Å²) in [7, 11) is 0. The minimum atomic E-state index is -0.454. The molecule has 0 bridgehead atoms. The Kier molecular flexibility index (Phi) is 4.72. The van der Waals surface area contributed by atoms with Crippen LogP contribution in [0.3, 0.4) is 0 Å². The number of primary amides is 1. The number of fused-ring (bicyclic) bond motifs is 2. The Morgan fingerprint density at radius 2 is 1.93 bits per heavy atom. The van der Waals surface area contributed by atoms with Gasteiger partial charge in [0.2, 0.25) is 5.91 Å². The Bertz CT molecular complexity index is 1180. The summed E-state index contributed by atoms with van der Waals surface area (Å²) in [4.78, 5) is 22.2. The van der Waals surface area contributed by atoms with Crippen molar-refractivity contribution >= 4 is 27.8 Å². The molecule has 0 radical (unpaired) electrons. The first-order valence-corrected chi connectivity index (χ1v) is 10.3. The van der Waals surface area contributed by atoms with Crippen LogP contribution in [0, 0.1) is 0 Å². The highest BCUT2D eigenvalue weighted by Gasteiger charge is 2.19. The maximum atomic E-state index is 11.8. The van der Waals surface area contributed by atoms with Crippen molar-refractivity contribution in [1.82, 2.24) is 24.6 Å². The highest BCUT2D eigenvalue weighted by atomic mass is 16.1. The molecule has 0 unspecified atom stereocenters. The van der Waals surface area contributed by atoms with Gasteiger partial charge in [-0.1, -0.05) is 12.1 Å². The summed E-state index contributed by atoms with van der Waals surface area (Å²) < 4.78 is 2.00. The van der Waals surface area contributed by atoms with Crippen LogP contribution in [-0.4, -0.2) is 56.2 Å². The summed E-state index contributed by atoms with van der Waals surface area (Å²) in [5.74, 6) is 0.232. The maximum absolute atomic E-state index is 11.8. The molecule has 30 heavy (non-hydrogen) atoms. The molecule has 8 nitrogen and oxygen atoms in total. The van der Waals surface area contributed by atoms with Gasteiger partial charge in [0.1, 0.15) is 5.69 Å². The molecule has 1 fully saturated rings. The second-order valence-corrected chi connectivity index (χ2v) is 7.95. The second kappa shape index (κ2) is 7.55. The molecule has 2 aromatic carbocycles. The maximum Gasteiger partial charge on any atom is 0.248 e. The fraction of sp³-hybridized carbons (Fsp3) is 0.318. The molecule has 154 valence electrons. The Morgan fingerprint density at radius 3 is 2.70 bits per heavy atom. The molecule has 2 aromatic heterocycles. The van der Waals surface area contributed by atoms with Crippen LogP contribution in [0.25, 0.3) is 33.5 Å². The van der Waals surface area contributed by atoms with Gasteiger partial charge in [0.25, 0.3) is 0 Å². The zero-order valence-corrected chi connectivity index (χ0v) is 16.7. The minimum absolute atomic E-state index is 0.318. The van der Waals surface area contributed by atoms with E-state index < -0.39 is 5.91 Å². The van der Waals surface area contributed by atoms with Gasteiger partial charge >= 0.3 is 0 Å². The molecule has 1 saturated heterocycles. The van der Waals surface area contributed by atoms with E-state index >= 15 is 0 Å². The van der Waals surface area contributed by atoms with E-state index in [9.17, 15) is 4.79 Å². The van der Waals surface area contributed by atoms with Gasteiger partial charge in [-0.3, -0.25) is 9.48 Å². The molecule has 1 aliphatic rings. The highest BCUT2D eigenvalue weighted by Crippen LogP contribution is 2.29. The van der Waals surface area contributed by atoms with Gasteiger partial charge < -0.3 is 21.4 Å². The molecule has 0 aliphatic carbocycles. The Hall–Kier alpha value is -3.23. The predicted molar refractivity (Wildman–Crippen MR) is 117 cm³/mol. The molecule has 5 N–H and O–H groups in total. The van der Waals surface area contributed by atoms with Crippen molar-refractivity contribution in [2.24, 2.45) is 11.5 Å². The smallest absolute Gasteiger partial charge is 0.248 e. The first-order valence-electron chi connectivity index (χ1n) is 10.3. The average molecular weight is 403 g/mol. The summed E-state index contributed by atoms with van der Waals surface area (Å²) >= 11 is 0. The highest BCUT2D eigenvalue weighted by molar-refractivity contribution is 6.01. The van der Waals surface area contributed by atoms with Crippen molar-refractivity contribution in [3.63, 3.8) is 0 Å². The number of piperidine rings is 1. The number of amides is 1. The number of aromatic amines is 1. The zero-order chi connectivity index (χ0) is 20.7. The number of rotatable bonds is 5. The lowest BCUT2D eigenvalue weighted by Crippen LogP contribution is -2.41. The van der Waals surface area contributed by atoms with Gasteiger partial charge in [0.15, 0.2) is 5.82 Å². The van der Waals surface area contributed by atoms with E-state index in [0.717, 1.165) is 66.7 Å². The van der Waals surface area contributed by atoms with Crippen molar-refractivity contribution in [3.05, 3.63) is 48.0 Å². The molecule has 0 spiro atoms. The summed E-state index contributed by atoms with van der Waals surface area (Å²) in [5, 5.41) is 5.74. The molecule has 4 aromatic rings. The molecule has 3 heterocycles. The predicted octanol–water partition coefficient (Wildman–Crippen LogP) is 2.10. The molecule has 0 saturated carbocycles. The monoisotopic (exact) mass is 403 g/mol. The van der Waals surface area contributed by atoms with Crippen LogP contribution in [0.15, 0.2) is 42.5 Å². The Labute approximate surface area is 173 Å². The van der Waals surface area contributed by atoms with Gasteiger partial charge in [-0.2, -0.15) is 5.10 Å². The van der Waals surface area contributed by atoms with E-state index in [1.165, 1.54) is 0 Å². The van der Waals surface area contributed by atoms with Crippen LogP contribution in [0.2, 0.25) is 0 Å². The number of H-pyrrole nitrogens is 1. The summed E-state index contributed by atoms with van der Waals surface area (Å²) in [6, 6.07) is 13.7. The SMILES string of the molecule is NC(=O)c1ccc2c(c1)c(-c1nc3ccccc3[nH]1)nn2CCN1CCC(N)CC1. The molecule has 5 rings (SSSR count). The van der Waals surface area contributed by atoms with Crippen molar-refractivity contribution in [1.29, 1.82) is 0 Å². The third kappa shape index (κ3) is 3.44. The first kappa shape index (κ1) is 18.8. The number of nitrogens with zero attached hydrogens (tertiary/aromatic N) is 4. The van der Waals surface area contributed by atoms with Crippen LogP contribution < -0.4 is 11.5 Å². The lowest BCUT2D eigenvalue weighted by molar-refractivity contribution is 0.100. The largest absolute Gasteiger partial charge is 0.366 e. The minimum Gasteiger partial charge on any atom is -0.366 e. The fourth-order valence-corrected chi connectivity index (χ4v) is 4.16. The lowest BCUT2D eigenvalue weighted by Gasteiger charge is -2.29. The number of carbonyl (C=O) groups is 1. The van der Waals surface area contributed by atoms with Crippen molar-refractivity contribution < 1.29 is 4.79 Å². The summed E-state index contributed by atoms with van der Waals surface area (Å²) in [5.41, 5.74) is 15.5. The van der Waals surface area contributed by atoms with E-state index in [1.54, 1.807) is 6.07 Å². The van der Waals surface area contributed by atoms with Gasteiger partial charge in [0, 0.05) is 23.5 Å². The molecule has 1 aliphatic heterocycles. The van der Waals surface area contributed by atoms with Crippen LogP contribution >= 0.6 is 0 Å². The second-order valence-electron chi connectivity index (χ2n) is 7.95. The normalized spacial score (nSPS) is 15.9. The third-order valence-electron chi connectivity index (χ3n) is 5.91. The lowest BCUT2D eigenvalue weighted by atomic mass is 10.1. The van der Waals surface area contributed by atoms with Crippen molar-refractivity contribution in [2.75, 3.05) is 19.6 Å². The first-order chi connectivity index (χ1) is 14.6. The number of nitrogens with two attached hydrogens (primary N) is 2. The number of para-hydroxylation sites is 2. The fourth-order valence-electron chi connectivity index (χ4n) is 4.16. The van der Waals surface area contributed by atoms with Gasteiger partial charge in [-0.05, 0) is 56.3 Å². The number of carbonyl (C=O) groups excluding carboxylic acids is 1. The quantitative estimate of drug-likeness (QED) is 0.471. The standard InChI is InChI=1S/C22H25N7O/c23-15-7-9-28(10-8-15)11-12-29-19-6-5-14(21(24)30)13-16(19)20(27-29)22-25-17-3-1-2-4-18(17)26-22/h1-6,13,15H,7-12,23H2,(H2,24,30)(H,25,26). The molecule has 0 atom stereocenters. The molecule has 8 heteroatoms. The summed E-state index contributed by atoms with van der Waals surface area (Å²) in [6.45, 7) is 3.69. The van der Waals surface area contributed by atoms with E-state index in [2.05, 4.69) is 9.88 Å². The number of hydrogen-bond donors (Lipinski definition) is 3. The number of nitrogens with one attached hydrogen (secondary N) is 1. The van der Waals surface area contributed by atoms with Crippen molar-refractivity contribution in [2.45, 2.75) is 25.4 Å². The topological polar surface area (TPSA) is 119 Å². The molecular weight excluding hydrogens is 378 g/mol. The van der Waals surface area contributed by atoms with E-state index in [-0.39, 0.29) is 0 Å². The molecular formula is C22H25N7O. The number of benzene rings is 2. The number of likely N-dealkylation sites (tertiary alicyclic amines) is 1. The molecule has 1 amide bonds. The third-order valence-corrected chi connectivity index (χ3v) is 5.91. The van der Waals surface area contributed by atoms with Crippen LogP contribution in [0.5, 0.6) is 0 Å². The average Bonchev–Trinajstić information content (AvgIpc) is 3.34. The number of aromatic nitrogens is 4. The van der Waals surface area contributed by atoms with Crippen LogP contribution in [0.4, 0.5) is 0 Å². The van der Waals surface area contributed by atoms with E-state index in [4.69, 9.17) is 21.5 Å². The zero-order valence-electron chi connectivity index (χ0n) is 16.7. The van der Waals surface area contributed by atoms with E-state index in [0.29, 0.717) is 17.4 Å². The Morgan fingerprint density at radius 1 is 1.13 bits per heavy atom. The number of imidazole rings is 1. The Balaban J connectivity index is 1.53.